The maximum Gasteiger partial charge on any atom is 0.271 e. The monoisotopic (exact) mass is 442 g/mol. The smallest absolute Gasteiger partial charge is 0.271 e. The van der Waals surface area contributed by atoms with E-state index < -0.39 is 0 Å². The Morgan fingerprint density at radius 2 is 1.85 bits per heavy atom. The summed E-state index contributed by atoms with van der Waals surface area (Å²) in [7, 11) is 0. The van der Waals surface area contributed by atoms with E-state index in [4.69, 9.17) is 11.6 Å². The van der Waals surface area contributed by atoms with Gasteiger partial charge in [-0.1, -0.05) is 51.8 Å². The third kappa shape index (κ3) is 5.18. The van der Waals surface area contributed by atoms with E-state index in [2.05, 4.69) is 26.5 Å². The third-order valence-corrected chi connectivity index (χ3v) is 4.82. The van der Waals surface area contributed by atoms with Gasteiger partial charge in [-0.25, -0.2) is 5.43 Å². The number of halogens is 2. The number of carbonyl (C=O) groups is 1. The zero-order chi connectivity index (χ0) is 19.2. The Labute approximate surface area is 170 Å². The molecule has 0 saturated carbocycles. The summed E-state index contributed by atoms with van der Waals surface area (Å²) in [6.45, 7) is 0. The largest absolute Gasteiger partial charge is 0.507 e. The number of hydrogen-bond donors (Lipinski definition) is 2. The Bertz CT molecular complexity index is 988. The van der Waals surface area contributed by atoms with E-state index in [1.54, 1.807) is 30.3 Å². The van der Waals surface area contributed by atoms with Crippen LogP contribution in [0.5, 0.6) is 5.75 Å². The molecule has 0 aliphatic carbocycles. The van der Waals surface area contributed by atoms with Crippen molar-refractivity contribution in [1.29, 1.82) is 0 Å². The fourth-order valence-corrected chi connectivity index (χ4v) is 2.97. The first-order valence-corrected chi connectivity index (χ1v) is 9.34. The fourth-order valence-electron chi connectivity index (χ4n) is 2.51. The van der Waals surface area contributed by atoms with Crippen LogP contribution in [-0.4, -0.2) is 17.2 Å². The SMILES string of the molecule is O=C(N/N=C/c1cc(Cc2ccccc2Cl)ccc1O)c1ccc(Br)cc1. The van der Waals surface area contributed by atoms with Gasteiger partial charge in [0.25, 0.3) is 5.91 Å². The summed E-state index contributed by atoms with van der Waals surface area (Å²) in [4.78, 5) is 12.1. The lowest BCUT2D eigenvalue weighted by Crippen LogP contribution is -2.17. The summed E-state index contributed by atoms with van der Waals surface area (Å²) in [6.07, 6.45) is 2.05. The molecule has 0 radical (unpaired) electrons. The second-order valence-corrected chi connectivity index (χ2v) is 7.19. The van der Waals surface area contributed by atoms with Gasteiger partial charge < -0.3 is 5.11 Å². The van der Waals surface area contributed by atoms with Crippen molar-refractivity contribution in [2.24, 2.45) is 5.10 Å². The van der Waals surface area contributed by atoms with Crippen LogP contribution in [0.3, 0.4) is 0 Å². The van der Waals surface area contributed by atoms with Crippen molar-refractivity contribution in [3.8, 4) is 5.75 Å². The zero-order valence-corrected chi connectivity index (χ0v) is 16.5. The van der Waals surface area contributed by atoms with Crippen LogP contribution in [0.2, 0.25) is 5.02 Å². The number of aromatic hydroxyl groups is 1. The normalized spacial score (nSPS) is 10.9. The first-order valence-electron chi connectivity index (χ1n) is 8.17. The minimum Gasteiger partial charge on any atom is -0.507 e. The molecule has 4 nitrogen and oxygen atoms in total. The number of hydrogen-bond acceptors (Lipinski definition) is 3. The van der Waals surface area contributed by atoms with Crippen LogP contribution < -0.4 is 5.43 Å². The minimum absolute atomic E-state index is 0.0829. The second kappa shape index (κ2) is 8.84. The molecule has 3 rings (SSSR count). The van der Waals surface area contributed by atoms with Crippen molar-refractivity contribution >= 4 is 39.7 Å². The van der Waals surface area contributed by atoms with Crippen LogP contribution in [0.25, 0.3) is 0 Å². The number of nitrogens with zero attached hydrogens (tertiary/aromatic N) is 1. The standard InChI is InChI=1S/C21H16BrClN2O2/c22-18-8-6-15(7-9-18)21(27)25-24-13-17-12-14(5-10-20(17)26)11-16-3-1-2-4-19(16)23/h1-10,12-13,26H,11H2,(H,25,27)/b24-13+. The number of benzene rings is 3. The molecular weight excluding hydrogens is 428 g/mol. The van der Waals surface area contributed by atoms with Gasteiger partial charge in [0.1, 0.15) is 5.75 Å². The van der Waals surface area contributed by atoms with Crippen LogP contribution in [0.1, 0.15) is 27.0 Å². The molecule has 0 aromatic heterocycles. The predicted molar refractivity (Wildman–Crippen MR) is 112 cm³/mol. The van der Waals surface area contributed by atoms with Gasteiger partial charge in [-0.2, -0.15) is 5.10 Å². The summed E-state index contributed by atoms with van der Waals surface area (Å²) in [5.41, 5.74) is 5.43. The topological polar surface area (TPSA) is 61.7 Å². The summed E-state index contributed by atoms with van der Waals surface area (Å²) >= 11 is 9.53. The van der Waals surface area contributed by atoms with Crippen molar-refractivity contribution in [3.63, 3.8) is 0 Å². The Kier molecular flexibility index (Phi) is 6.27. The van der Waals surface area contributed by atoms with E-state index in [9.17, 15) is 9.90 Å². The molecule has 27 heavy (non-hydrogen) atoms. The second-order valence-electron chi connectivity index (χ2n) is 5.87. The number of carbonyl (C=O) groups excluding carboxylic acids is 1. The fraction of sp³-hybridized carbons (Fsp3) is 0.0476. The molecule has 3 aromatic carbocycles. The minimum atomic E-state index is -0.328. The molecule has 0 bridgehead atoms. The average molecular weight is 444 g/mol. The molecule has 6 heteroatoms. The molecule has 0 fully saturated rings. The highest BCUT2D eigenvalue weighted by Crippen LogP contribution is 2.22. The van der Waals surface area contributed by atoms with E-state index in [0.29, 0.717) is 22.6 Å². The van der Waals surface area contributed by atoms with Crippen molar-refractivity contribution in [2.75, 3.05) is 0 Å². The van der Waals surface area contributed by atoms with Gasteiger partial charge in [0.2, 0.25) is 0 Å². The average Bonchev–Trinajstić information content (AvgIpc) is 2.66. The van der Waals surface area contributed by atoms with E-state index in [-0.39, 0.29) is 11.7 Å². The highest BCUT2D eigenvalue weighted by molar-refractivity contribution is 9.10. The maximum atomic E-state index is 12.1. The van der Waals surface area contributed by atoms with Crippen LogP contribution >= 0.6 is 27.5 Å². The quantitative estimate of drug-likeness (QED) is 0.422. The van der Waals surface area contributed by atoms with Gasteiger partial charge in [-0.3, -0.25) is 4.79 Å². The molecule has 3 aromatic rings. The van der Waals surface area contributed by atoms with Crippen LogP contribution in [-0.2, 0) is 6.42 Å². The van der Waals surface area contributed by atoms with E-state index in [0.717, 1.165) is 15.6 Å². The molecule has 0 heterocycles. The van der Waals surface area contributed by atoms with Crippen molar-refractivity contribution in [1.82, 2.24) is 5.43 Å². The number of phenols is 1. The summed E-state index contributed by atoms with van der Waals surface area (Å²) < 4.78 is 0.891. The van der Waals surface area contributed by atoms with Gasteiger partial charge in [0, 0.05) is 20.6 Å². The Morgan fingerprint density at radius 1 is 1.11 bits per heavy atom. The van der Waals surface area contributed by atoms with E-state index >= 15 is 0 Å². The van der Waals surface area contributed by atoms with Gasteiger partial charge in [0.05, 0.1) is 6.21 Å². The number of phenolic OH excluding ortho intramolecular Hbond substituents is 1. The number of hydrazone groups is 1. The highest BCUT2D eigenvalue weighted by Gasteiger charge is 2.06. The predicted octanol–water partition coefficient (Wildman–Crippen LogP) is 5.16. The van der Waals surface area contributed by atoms with Crippen molar-refractivity contribution < 1.29 is 9.90 Å². The third-order valence-electron chi connectivity index (χ3n) is 3.92. The Balaban J connectivity index is 1.70. The molecule has 0 spiro atoms. The Morgan fingerprint density at radius 3 is 2.59 bits per heavy atom. The van der Waals surface area contributed by atoms with Crippen LogP contribution in [0.15, 0.2) is 76.3 Å². The molecule has 1 amide bonds. The molecule has 0 aliphatic heterocycles. The van der Waals surface area contributed by atoms with Crippen molar-refractivity contribution in [2.45, 2.75) is 6.42 Å². The lowest BCUT2D eigenvalue weighted by Gasteiger charge is -2.07. The first kappa shape index (κ1) is 19.1. The zero-order valence-electron chi connectivity index (χ0n) is 14.2. The molecule has 136 valence electrons. The van der Waals surface area contributed by atoms with E-state index in [1.807, 2.05) is 36.4 Å². The molecule has 0 atom stereocenters. The van der Waals surface area contributed by atoms with Gasteiger partial charge >= 0.3 is 0 Å². The number of nitrogens with one attached hydrogen (secondary N) is 1. The maximum absolute atomic E-state index is 12.1. The van der Waals surface area contributed by atoms with Crippen LogP contribution in [0, 0.1) is 0 Å². The molecule has 0 aliphatic rings. The van der Waals surface area contributed by atoms with Gasteiger partial charge in [-0.05, 0) is 60.0 Å². The van der Waals surface area contributed by atoms with Crippen molar-refractivity contribution in [3.05, 3.63) is 98.5 Å². The molecule has 2 N–H and O–H groups in total. The summed E-state index contributed by atoms with van der Waals surface area (Å²) in [5, 5.41) is 14.7. The van der Waals surface area contributed by atoms with E-state index in [1.165, 1.54) is 6.21 Å². The van der Waals surface area contributed by atoms with Crippen LogP contribution in [0.4, 0.5) is 0 Å². The highest BCUT2D eigenvalue weighted by atomic mass is 79.9. The lowest BCUT2D eigenvalue weighted by molar-refractivity contribution is 0.0955. The summed E-state index contributed by atoms with van der Waals surface area (Å²) in [5.74, 6) is -0.245. The van der Waals surface area contributed by atoms with Gasteiger partial charge in [-0.15, -0.1) is 0 Å². The molecule has 0 unspecified atom stereocenters. The molecular formula is C21H16BrClN2O2. The Hall–Kier alpha value is -2.63. The van der Waals surface area contributed by atoms with Gasteiger partial charge in [0.15, 0.2) is 0 Å². The summed E-state index contributed by atoms with van der Waals surface area (Å²) in [6, 6.07) is 19.8. The number of amides is 1. The number of rotatable bonds is 5. The lowest BCUT2D eigenvalue weighted by atomic mass is 10.0. The first-order chi connectivity index (χ1) is 13.0. The molecule has 0 saturated heterocycles.